The Morgan fingerprint density at radius 1 is 1.00 bits per heavy atom. The molecule has 1 N–H and O–H groups in total. The normalized spacial score (nSPS) is 13.6. The zero-order valence-electron chi connectivity index (χ0n) is 20.0. The Balaban J connectivity index is 1.45. The molecule has 0 bridgehead atoms. The lowest BCUT2D eigenvalue weighted by molar-refractivity contribution is -0.128. The van der Waals surface area contributed by atoms with E-state index in [1.807, 2.05) is 35.2 Å². The predicted molar refractivity (Wildman–Crippen MR) is 140 cm³/mol. The summed E-state index contributed by atoms with van der Waals surface area (Å²) < 4.78 is 28.1. The number of anilines is 1. The summed E-state index contributed by atoms with van der Waals surface area (Å²) in [5, 5.41) is 3.24. The first-order chi connectivity index (χ1) is 17.2. The minimum absolute atomic E-state index is 0.0509. The highest BCUT2D eigenvalue weighted by molar-refractivity contribution is 7.92. The SMILES string of the molecule is Cc1ccccc1N(CC(=O)NCc1ccc(CN2CCCC2=O)cc1)S(=O)(=O)c1ccc(Cl)cc1. The van der Waals surface area contributed by atoms with Gasteiger partial charge in [0.2, 0.25) is 11.8 Å². The van der Waals surface area contributed by atoms with Gasteiger partial charge >= 0.3 is 0 Å². The Morgan fingerprint density at radius 3 is 2.31 bits per heavy atom. The Labute approximate surface area is 216 Å². The molecule has 1 heterocycles. The van der Waals surface area contributed by atoms with Gasteiger partial charge in [0.05, 0.1) is 10.6 Å². The first kappa shape index (κ1) is 25.7. The Bertz CT molecular complexity index is 1340. The molecule has 1 fully saturated rings. The Kier molecular flexibility index (Phi) is 7.96. The van der Waals surface area contributed by atoms with Gasteiger partial charge in [-0.3, -0.25) is 13.9 Å². The minimum Gasteiger partial charge on any atom is -0.350 e. The lowest BCUT2D eigenvalue weighted by atomic mass is 10.1. The summed E-state index contributed by atoms with van der Waals surface area (Å²) in [4.78, 5) is 26.6. The number of carbonyl (C=O) groups is 2. The van der Waals surface area contributed by atoms with Crippen molar-refractivity contribution in [2.24, 2.45) is 0 Å². The first-order valence-corrected chi connectivity index (χ1v) is 13.5. The standard InChI is InChI=1S/C27H28ClN3O4S/c1-20-5-2-3-6-25(20)31(36(34,35)24-14-12-23(28)13-15-24)19-26(32)29-17-21-8-10-22(11-9-21)18-30-16-4-7-27(30)33/h2-3,5-6,8-15H,4,7,16-19H2,1H3,(H,29,32). The van der Waals surface area contributed by atoms with E-state index in [0.29, 0.717) is 23.7 Å². The molecule has 4 rings (SSSR count). The molecule has 1 aliphatic rings. The highest BCUT2D eigenvalue weighted by Gasteiger charge is 2.28. The maximum Gasteiger partial charge on any atom is 0.264 e. The molecule has 1 aliphatic heterocycles. The van der Waals surface area contributed by atoms with Crippen LogP contribution >= 0.6 is 11.6 Å². The van der Waals surface area contributed by atoms with Crippen molar-refractivity contribution in [3.8, 4) is 0 Å². The van der Waals surface area contributed by atoms with Crippen LogP contribution in [0.4, 0.5) is 5.69 Å². The molecule has 0 radical (unpaired) electrons. The Hall–Kier alpha value is -3.36. The minimum atomic E-state index is -4.01. The van der Waals surface area contributed by atoms with E-state index in [2.05, 4.69) is 5.32 Å². The van der Waals surface area contributed by atoms with E-state index in [-0.39, 0.29) is 23.9 Å². The predicted octanol–water partition coefficient (Wildman–Crippen LogP) is 4.28. The second-order valence-corrected chi connectivity index (χ2v) is 11.1. The van der Waals surface area contributed by atoms with Crippen molar-refractivity contribution in [3.05, 3.63) is 94.5 Å². The maximum atomic E-state index is 13.5. The number of likely N-dealkylation sites (tertiary alicyclic amines) is 1. The summed E-state index contributed by atoms with van der Waals surface area (Å²) in [6.07, 6.45) is 1.51. The van der Waals surface area contributed by atoms with Crippen LogP contribution < -0.4 is 9.62 Å². The van der Waals surface area contributed by atoms with Crippen molar-refractivity contribution in [3.63, 3.8) is 0 Å². The fraction of sp³-hybridized carbons (Fsp3) is 0.259. The zero-order chi connectivity index (χ0) is 25.7. The number of halogens is 1. The van der Waals surface area contributed by atoms with Crippen molar-refractivity contribution < 1.29 is 18.0 Å². The van der Waals surface area contributed by atoms with E-state index in [1.54, 1.807) is 25.1 Å². The van der Waals surface area contributed by atoms with Gasteiger partial charge in [0.1, 0.15) is 6.54 Å². The molecule has 3 aromatic rings. The lowest BCUT2D eigenvalue weighted by Crippen LogP contribution is -2.41. The monoisotopic (exact) mass is 525 g/mol. The van der Waals surface area contributed by atoms with E-state index in [0.717, 1.165) is 34.0 Å². The highest BCUT2D eigenvalue weighted by atomic mass is 35.5. The molecule has 9 heteroatoms. The van der Waals surface area contributed by atoms with Crippen molar-refractivity contribution in [2.75, 3.05) is 17.4 Å². The number of nitrogens with zero attached hydrogens (tertiary/aromatic N) is 2. The van der Waals surface area contributed by atoms with Crippen LogP contribution in [-0.2, 0) is 32.7 Å². The van der Waals surface area contributed by atoms with E-state index >= 15 is 0 Å². The summed E-state index contributed by atoms with van der Waals surface area (Å²) >= 11 is 5.94. The molecule has 3 aromatic carbocycles. The molecule has 1 saturated heterocycles. The quantitative estimate of drug-likeness (QED) is 0.451. The van der Waals surface area contributed by atoms with Gasteiger partial charge < -0.3 is 10.2 Å². The number of nitrogens with one attached hydrogen (secondary N) is 1. The van der Waals surface area contributed by atoms with Crippen LogP contribution in [0.5, 0.6) is 0 Å². The van der Waals surface area contributed by atoms with E-state index < -0.39 is 15.9 Å². The second kappa shape index (κ2) is 11.1. The molecular weight excluding hydrogens is 498 g/mol. The summed E-state index contributed by atoms with van der Waals surface area (Å²) in [5.74, 6) is -0.249. The Morgan fingerprint density at radius 2 is 1.67 bits per heavy atom. The van der Waals surface area contributed by atoms with Crippen LogP contribution in [-0.4, -0.2) is 38.2 Å². The fourth-order valence-electron chi connectivity index (χ4n) is 4.12. The van der Waals surface area contributed by atoms with Crippen LogP contribution in [0.25, 0.3) is 0 Å². The average Bonchev–Trinajstić information content (AvgIpc) is 3.27. The molecule has 7 nitrogen and oxygen atoms in total. The number of rotatable bonds is 9. The van der Waals surface area contributed by atoms with E-state index in [9.17, 15) is 18.0 Å². The molecule has 0 spiro atoms. The number of benzene rings is 3. The maximum absolute atomic E-state index is 13.5. The van der Waals surface area contributed by atoms with Gasteiger partial charge in [-0.05, 0) is 60.4 Å². The zero-order valence-corrected chi connectivity index (χ0v) is 21.6. The number of para-hydroxylation sites is 1. The molecule has 0 unspecified atom stereocenters. The number of carbonyl (C=O) groups excluding carboxylic acids is 2. The third-order valence-corrected chi connectivity index (χ3v) is 8.16. The number of hydrogen-bond donors (Lipinski definition) is 1. The first-order valence-electron chi connectivity index (χ1n) is 11.7. The molecule has 0 atom stereocenters. The van der Waals surface area contributed by atoms with Crippen molar-refractivity contribution in [2.45, 2.75) is 37.8 Å². The van der Waals surface area contributed by atoms with Crippen molar-refractivity contribution in [1.82, 2.24) is 10.2 Å². The fourth-order valence-corrected chi connectivity index (χ4v) is 5.73. The summed E-state index contributed by atoms with van der Waals surface area (Å²) in [6.45, 7) is 3.05. The molecule has 0 saturated carbocycles. The second-order valence-electron chi connectivity index (χ2n) is 8.76. The smallest absolute Gasteiger partial charge is 0.264 e. The lowest BCUT2D eigenvalue weighted by Gasteiger charge is -2.25. The summed E-state index contributed by atoms with van der Waals surface area (Å²) in [7, 11) is -4.01. The van der Waals surface area contributed by atoms with Crippen molar-refractivity contribution in [1.29, 1.82) is 0 Å². The average molecular weight is 526 g/mol. The van der Waals surface area contributed by atoms with Gasteiger partial charge in [-0.25, -0.2) is 8.42 Å². The molecular formula is C27H28ClN3O4S. The van der Waals surface area contributed by atoms with Gasteiger partial charge in [-0.1, -0.05) is 54.1 Å². The van der Waals surface area contributed by atoms with Gasteiger partial charge in [0.15, 0.2) is 0 Å². The van der Waals surface area contributed by atoms with E-state index in [4.69, 9.17) is 11.6 Å². The van der Waals surface area contributed by atoms with Crippen LogP contribution in [0.2, 0.25) is 5.02 Å². The molecule has 2 amide bonds. The summed E-state index contributed by atoms with van der Waals surface area (Å²) in [6, 6.07) is 20.6. The van der Waals surface area contributed by atoms with Gasteiger partial charge in [0, 0.05) is 31.1 Å². The van der Waals surface area contributed by atoms with Crippen LogP contribution in [0.1, 0.15) is 29.5 Å². The number of sulfonamides is 1. The topological polar surface area (TPSA) is 86.8 Å². The molecule has 36 heavy (non-hydrogen) atoms. The molecule has 0 aromatic heterocycles. The number of aryl methyl sites for hydroxylation is 1. The van der Waals surface area contributed by atoms with Gasteiger partial charge in [-0.2, -0.15) is 0 Å². The van der Waals surface area contributed by atoms with E-state index in [1.165, 1.54) is 24.3 Å². The third-order valence-electron chi connectivity index (χ3n) is 6.13. The largest absolute Gasteiger partial charge is 0.350 e. The van der Waals surface area contributed by atoms with Crippen LogP contribution in [0.3, 0.4) is 0 Å². The van der Waals surface area contributed by atoms with Crippen molar-refractivity contribution >= 4 is 39.1 Å². The third kappa shape index (κ3) is 6.06. The van der Waals surface area contributed by atoms with Gasteiger partial charge in [-0.15, -0.1) is 0 Å². The summed E-state index contributed by atoms with van der Waals surface area (Å²) in [5.41, 5.74) is 3.07. The number of amides is 2. The molecule has 0 aliphatic carbocycles. The number of hydrogen-bond acceptors (Lipinski definition) is 4. The van der Waals surface area contributed by atoms with Crippen LogP contribution in [0, 0.1) is 6.92 Å². The van der Waals surface area contributed by atoms with Crippen LogP contribution in [0.15, 0.2) is 77.7 Å². The molecule has 188 valence electrons. The van der Waals surface area contributed by atoms with Gasteiger partial charge in [0.25, 0.3) is 10.0 Å². The highest BCUT2D eigenvalue weighted by Crippen LogP contribution is 2.27.